The molecule has 7 nitrogen and oxygen atoms in total. The molecule has 2 saturated heterocycles. The summed E-state index contributed by atoms with van der Waals surface area (Å²) in [5, 5.41) is 13.9. The number of hydrogen-bond acceptors (Lipinski definition) is 5. The molecule has 2 atom stereocenters. The molecule has 2 aromatic rings. The van der Waals surface area contributed by atoms with Crippen LogP contribution in [-0.2, 0) is 4.79 Å². The van der Waals surface area contributed by atoms with Crippen LogP contribution in [0.25, 0.3) is 10.9 Å². The summed E-state index contributed by atoms with van der Waals surface area (Å²) in [4.78, 5) is 36.3. The summed E-state index contributed by atoms with van der Waals surface area (Å²) in [5.41, 5.74) is 1.82. The Morgan fingerprint density at radius 3 is 2.34 bits per heavy atom. The molecule has 2 aliphatic heterocycles. The van der Waals surface area contributed by atoms with Gasteiger partial charge in [0, 0.05) is 35.3 Å². The number of nitrogens with one attached hydrogen (secondary N) is 1. The smallest absolute Gasteiger partial charge is 0.306 e. The molecule has 0 radical (unpaired) electrons. The van der Waals surface area contributed by atoms with Crippen molar-refractivity contribution >= 4 is 28.7 Å². The molecule has 7 heteroatoms. The van der Waals surface area contributed by atoms with Gasteiger partial charge in [0.2, 0.25) is 5.95 Å². The summed E-state index contributed by atoms with van der Waals surface area (Å²) in [6.45, 7) is 7.00. The van der Waals surface area contributed by atoms with Crippen molar-refractivity contribution in [2.45, 2.75) is 96.7 Å². The number of carboxylic acid groups (broad SMARTS) is 1. The standard InChI is InChI=1S/C28H38N4O3/c1-28(2,3)20-8-10-21(11-9-20)30-27-29-16-19-13-17(7-12-24(19)31-27)25(33)32-22-5-4-6-23(32)15-18(14-22)26(34)35/h7,12-13,16,18,20-23H,4-6,8-11,14-15H2,1-3H3,(H,34,35)(H,29,30,31). The summed E-state index contributed by atoms with van der Waals surface area (Å²) in [6.07, 6.45) is 10.5. The van der Waals surface area contributed by atoms with Gasteiger partial charge in [0.1, 0.15) is 0 Å². The van der Waals surface area contributed by atoms with Gasteiger partial charge in [0.25, 0.3) is 5.91 Å². The van der Waals surface area contributed by atoms with Crippen LogP contribution in [0.1, 0.15) is 88.9 Å². The second kappa shape index (κ2) is 9.40. The van der Waals surface area contributed by atoms with Crippen molar-refractivity contribution in [3.63, 3.8) is 0 Å². The average molecular weight is 479 g/mol. The molecule has 5 rings (SSSR count). The Balaban J connectivity index is 1.27. The molecule has 3 aliphatic rings. The second-order valence-electron chi connectivity index (χ2n) is 12.0. The van der Waals surface area contributed by atoms with E-state index in [1.165, 1.54) is 12.8 Å². The maximum atomic E-state index is 13.5. The zero-order valence-electron chi connectivity index (χ0n) is 21.2. The highest BCUT2D eigenvalue weighted by atomic mass is 16.4. The normalized spacial score (nSPS) is 29.1. The minimum Gasteiger partial charge on any atom is -0.481 e. The van der Waals surface area contributed by atoms with Gasteiger partial charge in [-0.15, -0.1) is 0 Å². The van der Waals surface area contributed by atoms with Crippen molar-refractivity contribution in [1.29, 1.82) is 0 Å². The fraction of sp³-hybridized carbons (Fsp3) is 0.643. The average Bonchev–Trinajstić information content (AvgIpc) is 2.82. The van der Waals surface area contributed by atoms with Crippen LogP contribution in [0, 0.1) is 17.3 Å². The topological polar surface area (TPSA) is 95.4 Å². The van der Waals surface area contributed by atoms with E-state index in [4.69, 9.17) is 4.98 Å². The maximum absolute atomic E-state index is 13.5. The van der Waals surface area contributed by atoms with E-state index in [1.807, 2.05) is 23.1 Å². The lowest BCUT2D eigenvalue weighted by molar-refractivity contribution is -0.145. The molecule has 1 saturated carbocycles. The van der Waals surface area contributed by atoms with Crippen molar-refractivity contribution in [2.75, 3.05) is 5.32 Å². The number of nitrogens with zero attached hydrogens (tertiary/aromatic N) is 3. The number of hydrogen-bond donors (Lipinski definition) is 2. The predicted molar refractivity (Wildman–Crippen MR) is 136 cm³/mol. The Labute approximate surface area is 207 Å². The first-order valence-electron chi connectivity index (χ1n) is 13.3. The lowest BCUT2D eigenvalue weighted by Gasteiger charge is -2.48. The van der Waals surface area contributed by atoms with Crippen LogP contribution in [-0.4, -0.2) is 50.0 Å². The Bertz CT molecular complexity index is 1090. The third kappa shape index (κ3) is 5.00. The molecule has 35 heavy (non-hydrogen) atoms. The summed E-state index contributed by atoms with van der Waals surface area (Å²) in [5.74, 6) is 0.352. The van der Waals surface area contributed by atoms with Gasteiger partial charge in [-0.25, -0.2) is 9.97 Å². The Hall–Kier alpha value is -2.70. The fourth-order valence-corrected chi connectivity index (χ4v) is 6.59. The number of carbonyl (C=O) groups excluding carboxylic acids is 1. The summed E-state index contributed by atoms with van der Waals surface area (Å²) >= 11 is 0. The number of piperidine rings is 2. The monoisotopic (exact) mass is 478 g/mol. The van der Waals surface area contributed by atoms with Crippen molar-refractivity contribution in [3.05, 3.63) is 30.0 Å². The number of anilines is 1. The van der Waals surface area contributed by atoms with Gasteiger partial charge in [-0.1, -0.05) is 20.8 Å². The molecule has 3 heterocycles. The molecule has 2 unspecified atom stereocenters. The molecule has 1 aliphatic carbocycles. The zero-order chi connectivity index (χ0) is 24.7. The summed E-state index contributed by atoms with van der Waals surface area (Å²) in [7, 11) is 0. The van der Waals surface area contributed by atoms with Gasteiger partial charge in [-0.05, 0) is 87.3 Å². The third-order valence-corrected chi connectivity index (χ3v) is 8.67. The number of carboxylic acids is 1. The lowest BCUT2D eigenvalue weighted by atomic mass is 9.71. The molecule has 0 spiro atoms. The van der Waals surface area contributed by atoms with Crippen molar-refractivity contribution in [2.24, 2.45) is 17.3 Å². The highest BCUT2D eigenvalue weighted by molar-refractivity contribution is 5.98. The number of aromatic nitrogens is 2. The van der Waals surface area contributed by atoms with Gasteiger partial charge < -0.3 is 15.3 Å². The third-order valence-electron chi connectivity index (χ3n) is 8.67. The number of rotatable bonds is 4. The van der Waals surface area contributed by atoms with Crippen molar-refractivity contribution in [3.8, 4) is 0 Å². The van der Waals surface area contributed by atoms with Gasteiger partial charge in [-0.3, -0.25) is 9.59 Å². The van der Waals surface area contributed by atoms with Crippen LogP contribution in [0.4, 0.5) is 5.95 Å². The minimum atomic E-state index is -0.733. The van der Waals surface area contributed by atoms with E-state index < -0.39 is 5.97 Å². The van der Waals surface area contributed by atoms with Crippen LogP contribution >= 0.6 is 0 Å². The van der Waals surface area contributed by atoms with E-state index >= 15 is 0 Å². The number of fused-ring (bicyclic) bond motifs is 3. The zero-order valence-corrected chi connectivity index (χ0v) is 21.2. The number of aliphatic carboxylic acids is 1. The first-order valence-corrected chi connectivity index (χ1v) is 13.3. The van der Waals surface area contributed by atoms with Gasteiger partial charge >= 0.3 is 5.97 Å². The largest absolute Gasteiger partial charge is 0.481 e. The van der Waals surface area contributed by atoms with Gasteiger partial charge in [-0.2, -0.15) is 0 Å². The Morgan fingerprint density at radius 1 is 1.03 bits per heavy atom. The molecule has 3 fully saturated rings. The molecule has 1 aromatic heterocycles. The number of carbonyl (C=O) groups is 2. The summed E-state index contributed by atoms with van der Waals surface area (Å²) in [6, 6.07) is 6.08. The van der Waals surface area contributed by atoms with Crippen LogP contribution in [0.2, 0.25) is 0 Å². The highest BCUT2D eigenvalue weighted by Crippen LogP contribution is 2.39. The molecule has 1 aromatic carbocycles. The van der Waals surface area contributed by atoms with Crippen LogP contribution < -0.4 is 5.32 Å². The molecular weight excluding hydrogens is 440 g/mol. The van der Waals surface area contributed by atoms with Crippen LogP contribution in [0.15, 0.2) is 24.4 Å². The van der Waals surface area contributed by atoms with E-state index in [1.54, 1.807) is 6.20 Å². The van der Waals surface area contributed by atoms with E-state index in [0.29, 0.717) is 35.8 Å². The quantitative estimate of drug-likeness (QED) is 0.602. The Morgan fingerprint density at radius 2 is 1.71 bits per heavy atom. The predicted octanol–water partition coefficient (Wildman–Crippen LogP) is 5.50. The molecule has 2 N–H and O–H groups in total. The molecule has 2 bridgehead atoms. The minimum absolute atomic E-state index is 0.00301. The molecular formula is C28H38N4O3. The molecule has 188 valence electrons. The number of benzene rings is 1. The molecule has 1 amide bonds. The number of amides is 1. The van der Waals surface area contributed by atoms with E-state index in [0.717, 1.165) is 48.9 Å². The maximum Gasteiger partial charge on any atom is 0.306 e. The second-order valence-corrected chi connectivity index (χ2v) is 12.0. The Kier molecular flexibility index (Phi) is 6.45. The first-order chi connectivity index (χ1) is 16.7. The fourth-order valence-electron chi connectivity index (χ4n) is 6.59. The van der Waals surface area contributed by atoms with Crippen molar-refractivity contribution in [1.82, 2.24) is 14.9 Å². The summed E-state index contributed by atoms with van der Waals surface area (Å²) < 4.78 is 0. The van der Waals surface area contributed by atoms with Crippen LogP contribution in [0.5, 0.6) is 0 Å². The van der Waals surface area contributed by atoms with Gasteiger partial charge in [0.15, 0.2) is 0 Å². The first kappa shape index (κ1) is 24.0. The SMILES string of the molecule is CC(C)(C)C1CCC(Nc2ncc3cc(C(=O)N4C5CCCC4CC(C(=O)O)C5)ccc3n2)CC1. The lowest BCUT2D eigenvalue weighted by Crippen LogP contribution is -2.55. The highest BCUT2D eigenvalue weighted by Gasteiger charge is 2.43. The van der Waals surface area contributed by atoms with E-state index in [2.05, 4.69) is 31.1 Å². The van der Waals surface area contributed by atoms with E-state index in [-0.39, 0.29) is 23.9 Å². The van der Waals surface area contributed by atoms with Crippen LogP contribution in [0.3, 0.4) is 0 Å². The van der Waals surface area contributed by atoms with E-state index in [9.17, 15) is 14.7 Å². The van der Waals surface area contributed by atoms with Gasteiger partial charge in [0.05, 0.1) is 11.4 Å². The van der Waals surface area contributed by atoms with Crippen molar-refractivity contribution < 1.29 is 14.7 Å².